The highest BCUT2D eigenvalue weighted by Crippen LogP contribution is 2.26. The Labute approximate surface area is 118 Å². The Morgan fingerprint density at radius 2 is 1.79 bits per heavy atom. The summed E-state index contributed by atoms with van der Waals surface area (Å²) in [5.41, 5.74) is 0. The van der Waals surface area contributed by atoms with E-state index in [9.17, 15) is 4.79 Å². The molecule has 1 N–H and O–H groups in total. The van der Waals surface area contributed by atoms with Gasteiger partial charge in [-0.3, -0.25) is 4.79 Å². The summed E-state index contributed by atoms with van der Waals surface area (Å²) in [4.78, 5) is 11.7. The first-order chi connectivity index (χ1) is 9.02. The molecule has 1 rings (SSSR count). The number of rotatable bonds is 7. The summed E-state index contributed by atoms with van der Waals surface area (Å²) in [6.45, 7) is 9.21. The summed E-state index contributed by atoms with van der Waals surface area (Å²) in [6, 6.07) is 1.18. The van der Waals surface area contributed by atoms with Crippen molar-refractivity contribution in [3.63, 3.8) is 0 Å². The molecule has 0 radical (unpaired) electrons. The van der Waals surface area contributed by atoms with E-state index in [1.807, 2.05) is 6.92 Å². The molecule has 1 fully saturated rings. The van der Waals surface area contributed by atoms with Gasteiger partial charge in [0.15, 0.2) is 0 Å². The fourth-order valence-corrected chi connectivity index (χ4v) is 2.82. The molecule has 0 aromatic rings. The van der Waals surface area contributed by atoms with Crippen LogP contribution in [0.3, 0.4) is 0 Å². The van der Waals surface area contributed by atoms with Crippen LogP contribution in [0.1, 0.15) is 66.2 Å². The molecule has 1 atom stereocenters. The largest absolute Gasteiger partial charge is 0.466 e. The highest BCUT2D eigenvalue weighted by Gasteiger charge is 2.27. The maximum absolute atomic E-state index is 11.7. The van der Waals surface area contributed by atoms with Gasteiger partial charge < -0.3 is 10.1 Å². The van der Waals surface area contributed by atoms with Crippen molar-refractivity contribution in [3.05, 3.63) is 0 Å². The van der Waals surface area contributed by atoms with Gasteiger partial charge in [-0.25, -0.2) is 0 Å². The molecule has 0 heterocycles. The molecule has 112 valence electrons. The SMILES string of the molecule is CCOC(=O)C1CCC(NC(C)CCC(C)C)CC1. The van der Waals surface area contributed by atoms with Gasteiger partial charge >= 0.3 is 5.97 Å². The second kappa shape index (κ2) is 8.57. The zero-order chi connectivity index (χ0) is 14.3. The van der Waals surface area contributed by atoms with Gasteiger partial charge in [0.05, 0.1) is 12.5 Å². The summed E-state index contributed by atoms with van der Waals surface area (Å²) in [5.74, 6) is 0.932. The van der Waals surface area contributed by atoms with Crippen molar-refractivity contribution in [2.24, 2.45) is 11.8 Å². The molecule has 1 aliphatic rings. The zero-order valence-electron chi connectivity index (χ0n) is 13.1. The van der Waals surface area contributed by atoms with Crippen LogP contribution in [-0.4, -0.2) is 24.7 Å². The maximum Gasteiger partial charge on any atom is 0.308 e. The van der Waals surface area contributed by atoms with Crippen LogP contribution in [0.4, 0.5) is 0 Å². The van der Waals surface area contributed by atoms with Crippen LogP contribution < -0.4 is 5.32 Å². The third-order valence-electron chi connectivity index (χ3n) is 4.04. The minimum absolute atomic E-state index is 0.00815. The Morgan fingerprint density at radius 3 is 2.32 bits per heavy atom. The second-order valence-corrected chi connectivity index (χ2v) is 6.34. The first-order valence-corrected chi connectivity index (χ1v) is 7.95. The minimum atomic E-state index is 0.00815. The van der Waals surface area contributed by atoms with Crippen molar-refractivity contribution in [1.82, 2.24) is 5.32 Å². The smallest absolute Gasteiger partial charge is 0.308 e. The summed E-state index contributed by atoms with van der Waals surface area (Å²) in [6.07, 6.45) is 6.70. The Hall–Kier alpha value is -0.570. The topological polar surface area (TPSA) is 38.3 Å². The Morgan fingerprint density at radius 1 is 1.16 bits per heavy atom. The van der Waals surface area contributed by atoms with E-state index >= 15 is 0 Å². The quantitative estimate of drug-likeness (QED) is 0.719. The summed E-state index contributed by atoms with van der Waals surface area (Å²) in [7, 11) is 0. The van der Waals surface area contributed by atoms with Crippen LogP contribution in [0, 0.1) is 11.8 Å². The van der Waals surface area contributed by atoms with E-state index in [2.05, 4.69) is 26.1 Å². The lowest BCUT2D eigenvalue weighted by molar-refractivity contribution is -0.149. The standard InChI is InChI=1S/C16H31NO2/c1-5-19-16(18)14-8-10-15(11-9-14)17-13(4)7-6-12(2)3/h12-15,17H,5-11H2,1-4H3. The fraction of sp³-hybridized carbons (Fsp3) is 0.938. The van der Waals surface area contributed by atoms with Crippen LogP contribution >= 0.6 is 0 Å². The molecule has 3 heteroatoms. The predicted molar refractivity (Wildman–Crippen MR) is 79.0 cm³/mol. The molecule has 0 spiro atoms. The van der Waals surface area contributed by atoms with E-state index in [-0.39, 0.29) is 11.9 Å². The van der Waals surface area contributed by atoms with Crippen molar-refractivity contribution < 1.29 is 9.53 Å². The van der Waals surface area contributed by atoms with Crippen molar-refractivity contribution >= 4 is 5.97 Å². The lowest BCUT2D eigenvalue weighted by Crippen LogP contribution is -2.40. The molecule has 0 bridgehead atoms. The number of nitrogens with one attached hydrogen (secondary N) is 1. The summed E-state index contributed by atoms with van der Waals surface area (Å²) < 4.78 is 5.10. The summed E-state index contributed by atoms with van der Waals surface area (Å²) in [5, 5.41) is 3.71. The Kier molecular flexibility index (Phi) is 7.44. The number of hydrogen-bond donors (Lipinski definition) is 1. The first-order valence-electron chi connectivity index (χ1n) is 7.95. The molecule has 0 aromatic carbocycles. The van der Waals surface area contributed by atoms with Gasteiger partial charge in [-0.1, -0.05) is 13.8 Å². The molecule has 0 aromatic heterocycles. The normalized spacial score (nSPS) is 25.3. The lowest BCUT2D eigenvalue weighted by atomic mass is 9.85. The molecule has 1 unspecified atom stereocenters. The van der Waals surface area contributed by atoms with Gasteiger partial charge in [0.1, 0.15) is 0 Å². The molecule has 3 nitrogen and oxygen atoms in total. The van der Waals surface area contributed by atoms with Gasteiger partial charge in [0.2, 0.25) is 0 Å². The maximum atomic E-state index is 11.7. The molecular weight excluding hydrogens is 238 g/mol. The Balaban J connectivity index is 2.20. The monoisotopic (exact) mass is 269 g/mol. The van der Waals surface area contributed by atoms with Crippen molar-refractivity contribution in [3.8, 4) is 0 Å². The van der Waals surface area contributed by atoms with Gasteiger partial charge in [-0.2, -0.15) is 0 Å². The fourth-order valence-electron chi connectivity index (χ4n) is 2.82. The van der Waals surface area contributed by atoms with Gasteiger partial charge in [-0.05, 0) is 58.3 Å². The van der Waals surface area contributed by atoms with E-state index in [1.165, 1.54) is 12.8 Å². The molecule has 1 aliphatic carbocycles. The number of carbonyl (C=O) groups excluding carboxylic acids is 1. The van der Waals surface area contributed by atoms with Crippen LogP contribution in [0.2, 0.25) is 0 Å². The van der Waals surface area contributed by atoms with Crippen LogP contribution in [0.25, 0.3) is 0 Å². The number of hydrogen-bond acceptors (Lipinski definition) is 3. The third-order valence-corrected chi connectivity index (χ3v) is 4.04. The number of carbonyl (C=O) groups is 1. The third kappa shape index (κ3) is 6.42. The van der Waals surface area contributed by atoms with Crippen molar-refractivity contribution in [2.75, 3.05) is 6.61 Å². The van der Waals surface area contributed by atoms with E-state index in [4.69, 9.17) is 4.74 Å². The highest BCUT2D eigenvalue weighted by molar-refractivity contribution is 5.72. The average Bonchev–Trinajstić information content (AvgIpc) is 2.37. The summed E-state index contributed by atoms with van der Waals surface area (Å²) >= 11 is 0. The lowest BCUT2D eigenvalue weighted by Gasteiger charge is -2.30. The predicted octanol–water partition coefficient (Wildman–Crippen LogP) is 3.52. The van der Waals surface area contributed by atoms with Crippen molar-refractivity contribution in [1.29, 1.82) is 0 Å². The first kappa shape index (κ1) is 16.5. The van der Waals surface area contributed by atoms with Gasteiger partial charge in [0, 0.05) is 12.1 Å². The van der Waals surface area contributed by atoms with Crippen LogP contribution in [0.5, 0.6) is 0 Å². The van der Waals surface area contributed by atoms with E-state index < -0.39 is 0 Å². The molecule has 0 aliphatic heterocycles. The molecular formula is C16H31NO2. The molecule has 19 heavy (non-hydrogen) atoms. The van der Waals surface area contributed by atoms with Gasteiger partial charge in [-0.15, -0.1) is 0 Å². The average molecular weight is 269 g/mol. The van der Waals surface area contributed by atoms with Crippen LogP contribution in [-0.2, 0) is 9.53 Å². The molecule has 1 saturated carbocycles. The zero-order valence-corrected chi connectivity index (χ0v) is 13.1. The molecule has 0 amide bonds. The van der Waals surface area contributed by atoms with Crippen molar-refractivity contribution in [2.45, 2.75) is 78.3 Å². The number of esters is 1. The number of ether oxygens (including phenoxy) is 1. The van der Waals surface area contributed by atoms with E-state index in [0.29, 0.717) is 18.7 Å². The molecule has 0 saturated heterocycles. The van der Waals surface area contributed by atoms with E-state index in [0.717, 1.165) is 31.6 Å². The van der Waals surface area contributed by atoms with Crippen LogP contribution in [0.15, 0.2) is 0 Å². The minimum Gasteiger partial charge on any atom is -0.466 e. The van der Waals surface area contributed by atoms with E-state index in [1.54, 1.807) is 0 Å². The van der Waals surface area contributed by atoms with Gasteiger partial charge in [0.25, 0.3) is 0 Å². The second-order valence-electron chi connectivity index (χ2n) is 6.34. The Bertz CT molecular complexity index is 257. The highest BCUT2D eigenvalue weighted by atomic mass is 16.5.